The van der Waals surface area contributed by atoms with Crippen LogP contribution in [0.4, 0.5) is 0 Å². The fourth-order valence-corrected chi connectivity index (χ4v) is 2.25. The predicted molar refractivity (Wildman–Crippen MR) is 96.0 cm³/mol. The van der Waals surface area contributed by atoms with Crippen LogP contribution in [-0.2, 0) is 0 Å². The first-order chi connectivity index (χ1) is 10.9. The third-order valence-corrected chi connectivity index (χ3v) is 3.44. The van der Waals surface area contributed by atoms with Crippen molar-refractivity contribution in [3.63, 3.8) is 0 Å². The van der Waals surface area contributed by atoms with E-state index < -0.39 is 0 Å². The van der Waals surface area contributed by atoms with E-state index in [4.69, 9.17) is 0 Å². The molecule has 0 bridgehead atoms. The van der Waals surface area contributed by atoms with E-state index >= 15 is 0 Å². The molecule has 0 nitrogen and oxygen atoms in total. The lowest BCUT2D eigenvalue weighted by molar-refractivity contribution is 1.60. The van der Waals surface area contributed by atoms with Crippen molar-refractivity contribution in [3.05, 3.63) is 107 Å². The molecule has 0 aliphatic heterocycles. The number of hydrogen-bond donors (Lipinski definition) is 0. The van der Waals surface area contributed by atoms with Gasteiger partial charge in [0.05, 0.1) is 0 Å². The molecule has 0 spiro atoms. The summed E-state index contributed by atoms with van der Waals surface area (Å²) < 4.78 is 0. The zero-order valence-corrected chi connectivity index (χ0v) is 12.3. The number of benzene rings is 3. The van der Waals surface area contributed by atoms with Gasteiger partial charge >= 0.3 is 0 Å². The Morgan fingerprint density at radius 3 is 1.68 bits per heavy atom. The minimum atomic E-state index is 1.17. The van der Waals surface area contributed by atoms with Gasteiger partial charge < -0.3 is 0 Å². The van der Waals surface area contributed by atoms with Gasteiger partial charge in [-0.15, -0.1) is 0 Å². The molecule has 0 saturated carbocycles. The summed E-state index contributed by atoms with van der Waals surface area (Å²) in [4.78, 5) is 0. The van der Waals surface area contributed by atoms with Crippen molar-refractivity contribution in [1.82, 2.24) is 0 Å². The second-order valence-electron chi connectivity index (χ2n) is 5.04. The Kier molecular flexibility index (Phi) is 4.63. The molecule has 3 aromatic carbocycles. The zero-order valence-electron chi connectivity index (χ0n) is 12.3. The van der Waals surface area contributed by atoms with Crippen LogP contribution in [0.1, 0.15) is 22.3 Å². The largest absolute Gasteiger partial charge is 0.0622 e. The summed E-state index contributed by atoms with van der Waals surface area (Å²) in [5.41, 5.74) is 4.76. The summed E-state index contributed by atoms with van der Waals surface area (Å²) in [6.07, 6.45) is 8.54. The van der Waals surface area contributed by atoms with Gasteiger partial charge in [-0.3, -0.25) is 0 Å². The van der Waals surface area contributed by atoms with E-state index in [0.717, 1.165) is 0 Å². The van der Waals surface area contributed by atoms with E-state index in [1.165, 1.54) is 22.3 Å². The first-order valence-electron chi connectivity index (χ1n) is 7.38. The van der Waals surface area contributed by atoms with Gasteiger partial charge in [0.2, 0.25) is 0 Å². The standard InChI is InChI=1S/C22H17/c1-3-9-19(10-4-1)15-17-21-13-7-8-14-22(21)18-16-20-11-5-2-6-12-20/h1-7,9-18H. The van der Waals surface area contributed by atoms with Gasteiger partial charge in [0.1, 0.15) is 0 Å². The van der Waals surface area contributed by atoms with E-state index in [9.17, 15) is 0 Å². The summed E-state index contributed by atoms with van der Waals surface area (Å²) in [7, 11) is 0. The lowest BCUT2D eigenvalue weighted by Gasteiger charge is -2.01. The third kappa shape index (κ3) is 3.83. The molecule has 0 heteroatoms. The fourth-order valence-electron chi connectivity index (χ4n) is 2.25. The number of hydrogen-bond acceptors (Lipinski definition) is 0. The lowest BCUT2D eigenvalue weighted by atomic mass is 10.0. The quantitative estimate of drug-likeness (QED) is 0.528. The molecule has 0 unspecified atom stereocenters. The van der Waals surface area contributed by atoms with Gasteiger partial charge in [0, 0.05) is 0 Å². The van der Waals surface area contributed by atoms with Crippen LogP contribution in [0, 0.1) is 6.07 Å². The smallest absolute Gasteiger partial charge is 0.0177 e. The molecule has 3 rings (SSSR count). The van der Waals surface area contributed by atoms with Crippen LogP contribution in [-0.4, -0.2) is 0 Å². The van der Waals surface area contributed by atoms with E-state index in [1.807, 2.05) is 36.4 Å². The van der Waals surface area contributed by atoms with Crippen LogP contribution in [0.3, 0.4) is 0 Å². The van der Waals surface area contributed by atoms with Crippen molar-refractivity contribution in [1.29, 1.82) is 0 Å². The Hall–Kier alpha value is -2.86. The maximum atomic E-state index is 3.15. The molecule has 0 heterocycles. The zero-order chi connectivity index (χ0) is 15.0. The Morgan fingerprint density at radius 2 is 1.09 bits per heavy atom. The first-order valence-corrected chi connectivity index (χ1v) is 7.38. The maximum Gasteiger partial charge on any atom is -0.0177 e. The third-order valence-electron chi connectivity index (χ3n) is 3.44. The highest BCUT2D eigenvalue weighted by Crippen LogP contribution is 2.16. The average Bonchev–Trinajstić information content (AvgIpc) is 2.61. The Bertz CT molecular complexity index is 697. The van der Waals surface area contributed by atoms with Crippen molar-refractivity contribution < 1.29 is 0 Å². The van der Waals surface area contributed by atoms with Crippen molar-refractivity contribution in [2.24, 2.45) is 0 Å². The van der Waals surface area contributed by atoms with Crippen LogP contribution < -0.4 is 0 Å². The number of rotatable bonds is 4. The van der Waals surface area contributed by atoms with Crippen LogP contribution in [0.5, 0.6) is 0 Å². The van der Waals surface area contributed by atoms with Gasteiger partial charge in [0.25, 0.3) is 0 Å². The molecular weight excluding hydrogens is 264 g/mol. The first kappa shape index (κ1) is 14.1. The molecule has 0 aromatic heterocycles. The molecule has 3 aromatic rings. The molecule has 0 amide bonds. The van der Waals surface area contributed by atoms with Crippen molar-refractivity contribution in [2.75, 3.05) is 0 Å². The fraction of sp³-hybridized carbons (Fsp3) is 0. The molecule has 0 atom stereocenters. The Balaban J connectivity index is 1.84. The van der Waals surface area contributed by atoms with E-state index in [1.54, 1.807) is 0 Å². The van der Waals surface area contributed by atoms with Crippen LogP contribution in [0.25, 0.3) is 24.3 Å². The highest BCUT2D eigenvalue weighted by atomic mass is 14.0. The highest BCUT2D eigenvalue weighted by Gasteiger charge is 1.95. The van der Waals surface area contributed by atoms with E-state index in [0.29, 0.717) is 0 Å². The molecule has 1 radical (unpaired) electrons. The lowest BCUT2D eigenvalue weighted by Crippen LogP contribution is -1.80. The van der Waals surface area contributed by atoms with Crippen molar-refractivity contribution in [3.8, 4) is 0 Å². The summed E-state index contributed by atoms with van der Waals surface area (Å²) in [5.74, 6) is 0. The minimum absolute atomic E-state index is 1.17. The van der Waals surface area contributed by atoms with Crippen molar-refractivity contribution >= 4 is 24.3 Å². The second-order valence-corrected chi connectivity index (χ2v) is 5.04. The van der Waals surface area contributed by atoms with E-state index in [2.05, 4.69) is 72.8 Å². The van der Waals surface area contributed by atoms with Gasteiger partial charge in [-0.1, -0.05) is 97.1 Å². The Morgan fingerprint density at radius 1 is 0.545 bits per heavy atom. The van der Waals surface area contributed by atoms with Crippen LogP contribution >= 0.6 is 0 Å². The molecule has 0 aliphatic carbocycles. The summed E-state index contributed by atoms with van der Waals surface area (Å²) >= 11 is 0. The maximum absolute atomic E-state index is 3.15. The highest BCUT2D eigenvalue weighted by molar-refractivity contribution is 5.79. The summed E-state index contributed by atoms with van der Waals surface area (Å²) in [6.45, 7) is 0. The molecule has 0 aliphatic rings. The summed E-state index contributed by atoms with van der Waals surface area (Å²) in [5, 5.41) is 0. The SMILES string of the molecule is [c]1ccc(C=Cc2ccccc2)c(C=Cc2ccccc2)c1. The molecular formula is C22H17. The molecule has 0 N–H and O–H groups in total. The van der Waals surface area contributed by atoms with Crippen molar-refractivity contribution in [2.45, 2.75) is 0 Å². The molecule has 22 heavy (non-hydrogen) atoms. The normalized spacial score (nSPS) is 11.3. The molecule has 0 fully saturated rings. The van der Waals surface area contributed by atoms with Gasteiger partial charge in [0.15, 0.2) is 0 Å². The summed E-state index contributed by atoms with van der Waals surface area (Å²) in [6, 6.07) is 29.9. The predicted octanol–water partition coefficient (Wildman–Crippen LogP) is 5.83. The average molecular weight is 281 g/mol. The minimum Gasteiger partial charge on any atom is -0.0622 e. The Labute approximate surface area is 132 Å². The second kappa shape index (κ2) is 7.24. The van der Waals surface area contributed by atoms with Crippen LogP contribution in [0.15, 0.2) is 78.9 Å². The monoisotopic (exact) mass is 281 g/mol. The van der Waals surface area contributed by atoms with Crippen LogP contribution in [0.2, 0.25) is 0 Å². The van der Waals surface area contributed by atoms with Gasteiger partial charge in [-0.25, -0.2) is 0 Å². The molecule has 0 saturated heterocycles. The van der Waals surface area contributed by atoms with Gasteiger partial charge in [-0.2, -0.15) is 0 Å². The van der Waals surface area contributed by atoms with E-state index in [-0.39, 0.29) is 0 Å². The van der Waals surface area contributed by atoms with Gasteiger partial charge in [-0.05, 0) is 34.4 Å². The molecule has 105 valence electrons. The topological polar surface area (TPSA) is 0 Å².